The molecule has 0 aliphatic rings. The van der Waals surface area contributed by atoms with Gasteiger partial charge in [-0.1, -0.05) is 76.9 Å². The van der Waals surface area contributed by atoms with Crippen molar-refractivity contribution in [2.24, 2.45) is 5.73 Å². The summed E-state index contributed by atoms with van der Waals surface area (Å²) in [4.78, 5) is 8.43. The van der Waals surface area contributed by atoms with Crippen LogP contribution in [0.5, 0.6) is 0 Å². The average Bonchev–Trinajstić information content (AvgIpc) is 2.70. The summed E-state index contributed by atoms with van der Waals surface area (Å²) in [6, 6.07) is 0. The quantitative estimate of drug-likeness (QED) is 0.0885. The van der Waals surface area contributed by atoms with E-state index < -0.39 is 10.8 Å². The van der Waals surface area contributed by atoms with E-state index in [4.69, 9.17) is 5.11 Å². The van der Waals surface area contributed by atoms with Gasteiger partial charge in [-0.15, -0.1) is 0 Å². The molecule has 6 nitrogen and oxygen atoms in total. The number of hydroxylamine groups is 4. The first-order valence-corrected chi connectivity index (χ1v) is 11.8. The van der Waals surface area contributed by atoms with Gasteiger partial charge in [0.25, 0.3) is 0 Å². The van der Waals surface area contributed by atoms with Gasteiger partial charge in [0.15, 0.2) is 0 Å². The standard InChI is InChI=1S/C21H44NO2.C2H5NO2/c1-3-5-6-7-8-9-10-11-12-13-14-15-16-17-18-19-20-21-22(23,24)4-2;3-1-2(4)5/h11-12,23-24H,3-10,13-21H2,1-2H3;1,3H2,(H,4,5)/q+1;/b12-11-;. The molecule has 0 saturated heterocycles. The summed E-state index contributed by atoms with van der Waals surface area (Å²) < 4.78 is 0. The summed E-state index contributed by atoms with van der Waals surface area (Å²) >= 11 is 0. The second kappa shape index (κ2) is 23.3. The number of carboxylic acid groups (broad SMARTS) is 1. The van der Waals surface area contributed by atoms with E-state index in [9.17, 15) is 15.2 Å². The highest BCUT2D eigenvalue weighted by molar-refractivity contribution is 5.68. The van der Waals surface area contributed by atoms with Crippen molar-refractivity contribution < 1.29 is 25.1 Å². The topological polar surface area (TPSA) is 104 Å². The molecule has 5 N–H and O–H groups in total. The third kappa shape index (κ3) is 29.3. The largest absolute Gasteiger partial charge is 0.480 e. The summed E-state index contributed by atoms with van der Waals surface area (Å²) in [7, 11) is 0. The van der Waals surface area contributed by atoms with Gasteiger partial charge in [-0.05, 0) is 43.8 Å². The molecule has 0 fully saturated rings. The molecule has 0 aromatic rings. The number of unbranched alkanes of at least 4 members (excludes halogenated alkanes) is 13. The Bertz CT molecular complexity index is 374. The molecule has 0 atom stereocenters. The summed E-state index contributed by atoms with van der Waals surface area (Å²) in [5, 5.41) is 26.5. The second-order valence-corrected chi connectivity index (χ2v) is 7.81. The van der Waals surface area contributed by atoms with E-state index in [1.807, 2.05) is 0 Å². The fourth-order valence-corrected chi connectivity index (χ4v) is 2.95. The number of hydrogen-bond acceptors (Lipinski definition) is 4. The highest BCUT2D eigenvalue weighted by atomic mass is 16.8. The van der Waals surface area contributed by atoms with Crippen LogP contribution in [0.3, 0.4) is 0 Å². The monoisotopic (exact) mass is 417 g/mol. The summed E-state index contributed by atoms with van der Waals surface area (Å²) in [6.45, 7) is 4.61. The Morgan fingerprint density at radius 1 is 0.759 bits per heavy atom. The molecule has 0 heterocycles. The van der Waals surface area contributed by atoms with Gasteiger partial charge >= 0.3 is 5.97 Å². The minimum atomic E-state index is -0.968. The van der Waals surface area contributed by atoms with E-state index in [-0.39, 0.29) is 6.54 Å². The molecule has 0 saturated carbocycles. The number of nitrogens with two attached hydrogens (primary N) is 1. The van der Waals surface area contributed by atoms with Crippen LogP contribution in [0.1, 0.15) is 110 Å². The van der Waals surface area contributed by atoms with Crippen LogP contribution >= 0.6 is 0 Å². The Labute approximate surface area is 179 Å². The Hall–Kier alpha value is -0.950. The lowest BCUT2D eigenvalue weighted by Crippen LogP contribution is -2.41. The number of rotatable bonds is 19. The third-order valence-electron chi connectivity index (χ3n) is 4.96. The molecule has 0 aromatic carbocycles. The average molecular weight is 418 g/mol. The Morgan fingerprint density at radius 2 is 1.14 bits per heavy atom. The van der Waals surface area contributed by atoms with Gasteiger partial charge in [0.2, 0.25) is 0 Å². The first-order valence-electron chi connectivity index (χ1n) is 11.8. The zero-order valence-corrected chi connectivity index (χ0v) is 19.2. The van der Waals surface area contributed by atoms with E-state index in [0.717, 1.165) is 12.8 Å². The number of hydrogen-bond donors (Lipinski definition) is 4. The lowest BCUT2D eigenvalue weighted by Gasteiger charge is -2.18. The van der Waals surface area contributed by atoms with Crippen LogP contribution in [0.15, 0.2) is 12.2 Å². The normalized spacial score (nSPS) is 11.5. The van der Waals surface area contributed by atoms with Crippen molar-refractivity contribution in [3.63, 3.8) is 0 Å². The van der Waals surface area contributed by atoms with Gasteiger partial charge in [0.1, 0.15) is 13.1 Å². The van der Waals surface area contributed by atoms with Crippen molar-refractivity contribution in [1.82, 2.24) is 0 Å². The van der Waals surface area contributed by atoms with Crippen molar-refractivity contribution >= 4 is 5.97 Å². The van der Waals surface area contributed by atoms with Crippen molar-refractivity contribution in [1.29, 1.82) is 0 Å². The number of carbonyl (C=O) groups is 1. The van der Waals surface area contributed by atoms with Crippen LogP contribution in [0.4, 0.5) is 0 Å². The van der Waals surface area contributed by atoms with Crippen LogP contribution < -0.4 is 5.73 Å². The molecule has 0 amide bonds. The molecule has 0 aliphatic carbocycles. The minimum absolute atomic E-state index is 0.278. The molecular formula is C23H49N2O4+. The molecule has 0 unspecified atom stereocenters. The van der Waals surface area contributed by atoms with E-state index >= 15 is 0 Å². The molecule has 29 heavy (non-hydrogen) atoms. The van der Waals surface area contributed by atoms with Crippen molar-refractivity contribution in [2.75, 3.05) is 19.6 Å². The lowest BCUT2D eigenvalue weighted by molar-refractivity contribution is -1.24. The van der Waals surface area contributed by atoms with Crippen LogP contribution in [0, 0.1) is 0 Å². The summed E-state index contributed by atoms with van der Waals surface area (Å²) in [5.74, 6) is -0.968. The molecule has 0 rings (SSSR count). The summed E-state index contributed by atoms with van der Waals surface area (Å²) in [5.41, 5.74) is 4.57. The predicted octanol–water partition coefficient (Wildman–Crippen LogP) is 6.06. The van der Waals surface area contributed by atoms with Crippen molar-refractivity contribution in [2.45, 2.75) is 110 Å². The minimum Gasteiger partial charge on any atom is -0.480 e. The fraction of sp³-hybridized carbons (Fsp3) is 0.870. The number of carboxylic acids is 1. The van der Waals surface area contributed by atoms with Gasteiger partial charge in [0.05, 0.1) is 6.54 Å². The third-order valence-corrected chi connectivity index (χ3v) is 4.96. The van der Waals surface area contributed by atoms with E-state index in [1.54, 1.807) is 6.92 Å². The van der Waals surface area contributed by atoms with Gasteiger partial charge in [-0.2, -0.15) is 10.4 Å². The Kier molecular flexibility index (Phi) is 24.3. The van der Waals surface area contributed by atoms with Crippen LogP contribution in [0.2, 0.25) is 0 Å². The Balaban J connectivity index is 0. The van der Waals surface area contributed by atoms with E-state index in [1.165, 1.54) is 83.5 Å². The van der Waals surface area contributed by atoms with Crippen molar-refractivity contribution in [3.05, 3.63) is 12.2 Å². The zero-order chi connectivity index (χ0) is 22.2. The molecule has 0 aromatic heterocycles. The smallest absolute Gasteiger partial charge is 0.317 e. The molecule has 0 radical (unpaired) electrons. The van der Waals surface area contributed by atoms with Crippen LogP contribution in [-0.4, -0.2) is 45.9 Å². The fourth-order valence-electron chi connectivity index (χ4n) is 2.95. The van der Waals surface area contributed by atoms with Crippen LogP contribution in [0.25, 0.3) is 0 Å². The van der Waals surface area contributed by atoms with Gasteiger partial charge < -0.3 is 10.8 Å². The maximum absolute atomic E-state index is 9.44. The van der Waals surface area contributed by atoms with E-state index in [0.29, 0.717) is 13.1 Å². The highest BCUT2D eigenvalue weighted by Gasteiger charge is 2.17. The molecular weight excluding hydrogens is 368 g/mol. The number of allylic oxidation sites excluding steroid dienone is 2. The van der Waals surface area contributed by atoms with E-state index in [2.05, 4.69) is 24.8 Å². The van der Waals surface area contributed by atoms with Gasteiger partial charge in [0, 0.05) is 6.42 Å². The first kappa shape index (κ1) is 30.2. The highest BCUT2D eigenvalue weighted by Crippen LogP contribution is 2.11. The molecule has 6 heteroatoms. The molecule has 0 spiro atoms. The van der Waals surface area contributed by atoms with Gasteiger partial charge in [-0.3, -0.25) is 4.79 Å². The maximum atomic E-state index is 9.44. The zero-order valence-electron chi connectivity index (χ0n) is 19.2. The number of aliphatic carboxylic acids is 1. The first-order chi connectivity index (χ1) is 13.9. The SMILES string of the molecule is CCCCCCCC/C=C\CCCCCCCCC[N+](O)(O)CC.NCC(=O)O. The Morgan fingerprint density at radius 3 is 1.52 bits per heavy atom. The van der Waals surface area contributed by atoms with Gasteiger partial charge in [-0.25, -0.2) is 0 Å². The second-order valence-electron chi connectivity index (χ2n) is 7.81. The number of nitrogens with zero attached hydrogens (tertiary/aromatic N) is 1. The van der Waals surface area contributed by atoms with Crippen LogP contribution in [-0.2, 0) is 4.79 Å². The molecule has 174 valence electrons. The lowest BCUT2D eigenvalue weighted by atomic mass is 10.1. The maximum Gasteiger partial charge on any atom is 0.317 e. The molecule has 0 aliphatic heterocycles. The molecule has 0 bridgehead atoms. The summed E-state index contributed by atoms with van der Waals surface area (Å²) in [6.07, 6.45) is 24.1. The number of quaternary nitrogens is 1. The van der Waals surface area contributed by atoms with Crippen molar-refractivity contribution in [3.8, 4) is 0 Å². The predicted molar refractivity (Wildman–Crippen MR) is 120 cm³/mol.